The number of hydrogen-bond donors (Lipinski definition) is 1. The molecule has 0 saturated carbocycles. The Morgan fingerprint density at radius 1 is 1.14 bits per heavy atom. The number of nitriles is 1. The van der Waals surface area contributed by atoms with Crippen molar-refractivity contribution < 1.29 is 9.63 Å². The summed E-state index contributed by atoms with van der Waals surface area (Å²) in [5.41, 5.74) is 4.75. The molecule has 0 radical (unpaired) electrons. The van der Waals surface area contributed by atoms with Crippen LogP contribution < -0.4 is 5.48 Å². The summed E-state index contributed by atoms with van der Waals surface area (Å²) in [6.07, 6.45) is 3.04. The van der Waals surface area contributed by atoms with Crippen molar-refractivity contribution in [3.8, 4) is 6.07 Å². The Morgan fingerprint density at radius 2 is 1.86 bits per heavy atom. The van der Waals surface area contributed by atoms with Gasteiger partial charge in [0.05, 0.1) is 18.2 Å². The second-order valence-electron chi connectivity index (χ2n) is 4.31. The molecule has 0 aliphatic carbocycles. The van der Waals surface area contributed by atoms with Crippen LogP contribution in [0.2, 0.25) is 0 Å². The summed E-state index contributed by atoms with van der Waals surface area (Å²) < 4.78 is 0. The lowest BCUT2D eigenvalue weighted by atomic mass is 10.1. The van der Waals surface area contributed by atoms with E-state index >= 15 is 0 Å². The van der Waals surface area contributed by atoms with Gasteiger partial charge in [-0.05, 0) is 29.3 Å². The maximum Gasteiger partial charge on any atom is 0.267 e. The minimum Gasteiger partial charge on any atom is -0.269 e. The topological polar surface area (TPSA) is 62.1 Å². The van der Waals surface area contributed by atoms with Crippen molar-refractivity contribution in [2.24, 2.45) is 0 Å². The monoisotopic (exact) mass is 278 g/mol. The van der Waals surface area contributed by atoms with E-state index in [-0.39, 0.29) is 5.91 Å². The number of benzene rings is 2. The highest BCUT2D eigenvalue weighted by molar-refractivity contribution is 5.90. The minimum atomic E-state index is -0.338. The normalized spacial score (nSPS) is 10.2. The van der Waals surface area contributed by atoms with Gasteiger partial charge in [0.25, 0.3) is 5.91 Å². The van der Waals surface area contributed by atoms with Crippen LogP contribution in [0.4, 0.5) is 0 Å². The zero-order chi connectivity index (χ0) is 14.9. The van der Waals surface area contributed by atoms with Gasteiger partial charge in [0.2, 0.25) is 0 Å². The largest absolute Gasteiger partial charge is 0.269 e. The van der Waals surface area contributed by atoms with E-state index in [9.17, 15) is 4.79 Å². The van der Waals surface area contributed by atoms with Gasteiger partial charge >= 0.3 is 0 Å². The summed E-state index contributed by atoms with van der Waals surface area (Å²) in [4.78, 5) is 16.7. The van der Waals surface area contributed by atoms with Gasteiger partial charge < -0.3 is 0 Å². The minimum absolute atomic E-state index is 0.317. The molecule has 0 atom stereocenters. The third kappa shape index (κ3) is 4.94. The highest BCUT2D eigenvalue weighted by Gasteiger charge is 1.96. The van der Waals surface area contributed by atoms with Gasteiger partial charge in [0.15, 0.2) is 0 Å². The Hall–Kier alpha value is -2.90. The summed E-state index contributed by atoms with van der Waals surface area (Å²) in [6.45, 7) is 0.317. The standard InChI is InChI=1S/C17H14N2O2/c18-12-15-8-6-14(7-9-15)10-11-17(20)19-21-13-16-4-2-1-3-5-16/h1-11H,13H2,(H,19,20). The van der Waals surface area contributed by atoms with Crippen LogP contribution in [0.5, 0.6) is 0 Å². The molecular weight excluding hydrogens is 264 g/mol. The van der Waals surface area contributed by atoms with Crippen molar-refractivity contribution in [3.63, 3.8) is 0 Å². The Morgan fingerprint density at radius 3 is 2.52 bits per heavy atom. The Kier molecular flexibility index (Phi) is 5.27. The van der Waals surface area contributed by atoms with Crippen molar-refractivity contribution in [2.45, 2.75) is 6.61 Å². The zero-order valence-electron chi connectivity index (χ0n) is 11.3. The third-order valence-corrected chi connectivity index (χ3v) is 2.72. The Labute approximate surface area is 123 Å². The highest BCUT2D eigenvalue weighted by Crippen LogP contribution is 2.05. The van der Waals surface area contributed by atoms with Gasteiger partial charge in [0.1, 0.15) is 0 Å². The molecule has 0 aliphatic heterocycles. The van der Waals surface area contributed by atoms with Gasteiger partial charge in [-0.25, -0.2) is 5.48 Å². The average molecular weight is 278 g/mol. The van der Waals surface area contributed by atoms with E-state index in [0.29, 0.717) is 12.2 Å². The number of hydrogen-bond acceptors (Lipinski definition) is 3. The summed E-state index contributed by atoms with van der Waals surface area (Å²) in [5.74, 6) is -0.338. The third-order valence-electron chi connectivity index (χ3n) is 2.72. The molecular formula is C17H14N2O2. The molecule has 104 valence electrons. The molecule has 0 bridgehead atoms. The Bertz CT molecular complexity index is 655. The molecule has 2 aromatic carbocycles. The summed E-state index contributed by atoms with van der Waals surface area (Å²) in [6, 6.07) is 18.5. The summed E-state index contributed by atoms with van der Waals surface area (Å²) >= 11 is 0. The van der Waals surface area contributed by atoms with Gasteiger partial charge in [-0.1, -0.05) is 42.5 Å². The molecule has 0 saturated heterocycles. The lowest BCUT2D eigenvalue weighted by Gasteiger charge is -2.03. The van der Waals surface area contributed by atoms with Crippen molar-refractivity contribution >= 4 is 12.0 Å². The molecule has 4 nitrogen and oxygen atoms in total. The number of nitrogens with one attached hydrogen (secondary N) is 1. The fourth-order valence-electron chi connectivity index (χ4n) is 1.64. The smallest absolute Gasteiger partial charge is 0.267 e. The summed E-state index contributed by atoms with van der Waals surface area (Å²) in [7, 11) is 0. The number of rotatable bonds is 5. The lowest BCUT2D eigenvalue weighted by molar-refractivity contribution is -0.129. The maximum absolute atomic E-state index is 11.6. The predicted molar refractivity (Wildman–Crippen MR) is 79.6 cm³/mol. The van der Waals surface area contributed by atoms with Crippen molar-refractivity contribution in [1.82, 2.24) is 5.48 Å². The SMILES string of the molecule is N#Cc1ccc(C=CC(=O)NOCc2ccccc2)cc1. The first kappa shape index (κ1) is 14.5. The van der Waals surface area contributed by atoms with Crippen molar-refractivity contribution in [2.75, 3.05) is 0 Å². The van der Waals surface area contributed by atoms with Crippen LogP contribution in [-0.2, 0) is 16.2 Å². The fourth-order valence-corrected chi connectivity index (χ4v) is 1.64. The van der Waals surface area contributed by atoms with E-state index in [2.05, 4.69) is 5.48 Å². The molecule has 0 unspecified atom stereocenters. The predicted octanol–water partition coefficient (Wildman–Crippen LogP) is 2.82. The molecule has 0 aromatic heterocycles. The van der Waals surface area contributed by atoms with Crippen LogP contribution in [0.15, 0.2) is 60.7 Å². The second kappa shape index (κ2) is 7.63. The van der Waals surface area contributed by atoms with Crippen LogP contribution >= 0.6 is 0 Å². The Balaban J connectivity index is 1.78. The van der Waals surface area contributed by atoms with Gasteiger partial charge in [-0.15, -0.1) is 0 Å². The maximum atomic E-state index is 11.6. The van der Waals surface area contributed by atoms with E-state index in [1.165, 1.54) is 6.08 Å². The van der Waals surface area contributed by atoms with Crippen molar-refractivity contribution in [1.29, 1.82) is 5.26 Å². The molecule has 2 rings (SSSR count). The van der Waals surface area contributed by atoms with Crippen LogP contribution in [0, 0.1) is 11.3 Å². The highest BCUT2D eigenvalue weighted by atomic mass is 16.6. The fraction of sp³-hybridized carbons (Fsp3) is 0.0588. The van der Waals surface area contributed by atoms with E-state index in [0.717, 1.165) is 11.1 Å². The number of nitrogens with zero attached hydrogens (tertiary/aromatic N) is 1. The quantitative estimate of drug-likeness (QED) is 0.675. The van der Waals surface area contributed by atoms with Gasteiger partial charge in [-0.2, -0.15) is 5.26 Å². The number of amides is 1. The van der Waals surface area contributed by atoms with E-state index in [4.69, 9.17) is 10.1 Å². The zero-order valence-corrected chi connectivity index (χ0v) is 11.3. The molecule has 4 heteroatoms. The van der Waals surface area contributed by atoms with Crippen LogP contribution in [0.25, 0.3) is 6.08 Å². The first-order valence-electron chi connectivity index (χ1n) is 6.42. The second-order valence-corrected chi connectivity index (χ2v) is 4.31. The number of carbonyl (C=O) groups is 1. The van der Waals surface area contributed by atoms with Crippen LogP contribution in [0.3, 0.4) is 0 Å². The molecule has 2 aromatic rings. The van der Waals surface area contributed by atoms with E-state index < -0.39 is 0 Å². The van der Waals surface area contributed by atoms with Crippen LogP contribution in [0.1, 0.15) is 16.7 Å². The summed E-state index contributed by atoms with van der Waals surface area (Å²) in [5, 5.41) is 8.69. The number of hydroxylamine groups is 1. The first-order chi connectivity index (χ1) is 10.3. The first-order valence-corrected chi connectivity index (χ1v) is 6.42. The molecule has 0 fully saturated rings. The average Bonchev–Trinajstić information content (AvgIpc) is 2.54. The molecule has 0 aliphatic rings. The van der Waals surface area contributed by atoms with Crippen molar-refractivity contribution in [3.05, 3.63) is 77.4 Å². The molecule has 0 heterocycles. The molecule has 21 heavy (non-hydrogen) atoms. The lowest BCUT2D eigenvalue weighted by Crippen LogP contribution is -2.21. The van der Waals surface area contributed by atoms with E-state index in [1.54, 1.807) is 30.3 Å². The molecule has 1 N–H and O–H groups in total. The van der Waals surface area contributed by atoms with Gasteiger partial charge in [0, 0.05) is 6.08 Å². The van der Waals surface area contributed by atoms with E-state index in [1.807, 2.05) is 36.4 Å². The number of carbonyl (C=O) groups excluding carboxylic acids is 1. The molecule has 0 spiro atoms. The van der Waals surface area contributed by atoms with Crippen LogP contribution in [-0.4, -0.2) is 5.91 Å². The van der Waals surface area contributed by atoms with Gasteiger partial charge in [-0.3, -0.25) is 9.63 Å². The molecule has 1 amide bonds.